The number of amides is 1. The molecule has 1 aromatic heterocycles. The molecule has 1 aliphatic rings. The predicted molar refractivity (Wildman–Crippen MR) is 111 cm³/mol. The van der Waals surface area contributed by atoms with Gasteiger partial charge in [-0.15, -0.1) is 11.3 Å². The second kappa shape index (κ2) is 7.17. The van der Waals surface area contributed by atoms with Crippen molar-refractivity contribution in [2.75, 3.05) is 4.90 Å². The zero-order valence-corrected chi connectivity index (χ0v) is 16.8. The SMILES string of the molecule is Cc1ccc(C(=O)CC2(O)C(=O)N(Cc3cccs3)c3ccc(Cl)cc32)cc1. The number of fused-ring (bicyclic) bond motifs is 1. The molecule has 1 atom stereocenters. The van der Waals surface area contributed by atoms with Crippen molar-refractivity contribution in [3.05, 3.63) is 86.6 Å². The molecule has 28 heavy (non-hydrogen) atoms. The summed E-state index contributed by atoms with van der Waals surface area (Å²) in [6, 6.07) is 15.9. The highest BCUT2D eigenvalue weighted by molar-refractivity contribution is 7.09. The number of halogens is 1. The normalized spacial score (nSPS) is 18.4. The second-order valence-electron chi connectivity index (χ2n) is 6.96. The third-order valence-electron chi connectivity index (χ3n) is 4.98. The molecule has 1 amide bonds. The number of aliphatic hydroxyl groups is 1. The van der Waals surface area contributed by atoms with Crippen LogP contribution in [0.1, 0.15) is 32.8 Å². The Balaban J connectivity index is 1.71. The standard InChI is InChI=1S/C22H18ClNO3S/c1-14-4-6-15(7-5-14)20(25)12-22(27)18-11-16(23)8-9-19(18)24(21(22)26)13-17-3-2-10-28-17/h2-11,27H,12-13H2,1H3. The number of benzene rings is 2. The molecule has 0 saturated heterocycles. The van der Waals surface area contributed by atoms with E-state index in [4.69, 9.17) is 11.6 Å². The maximum Gasteiger partial charge on any atom is 0.264 e. The Hall–Kier alpha value is -2.47. The van der Waals surface area contributed by atoms with Crippen molar-refractivity contribution in [2.24, 2.45) is 0 Å². The fraction of sp³-hybridized carbons (Fsp3) is 0.182. The molecule has 0 bridgehead atoms. The van der Waals surface area contributed by atoms with Gasteiger partial charge in [0.05, 0.1) is 18.7 Å². The van der Waals surface area contributed by atoms with Gasteiger partial charge in [0.2, 0.25) is 0 Å². The highest BCUT2D eigenvalue weighted by Gasteiger charge is 2.51. The fourth-order valence-electron chi connectivity index (χ4n) is 3.48. The van der Waals surface area contributed by atoms with Crippen LogP contribution >= 0.6 is 22.9 Å². The lowest BCUT2D eigenvalue weighted by Crippen LogP contribution is -2.41. The van der Waals surface area contributed by atoms with Crippen LogP contribution in [0.15, 0.2) is 60.0 Å². The summed E-state index contributed by atoms with van der Waals surface area (Å²) >= 11 is 7.67. The maximum atomic E-state index is 13.2. The van der Waals surface area contributed by atoms with Crippen LogP contribution in [0.2, 0.25) is 5.02 Å². The fourth-order valence-corrected chi connectivity index (χ4v) is 4.35. The van der Waals surface area contributed by atoms with Gasteiger partial charge in [0.15, 0.2) is 11.4 Å². The average molecular weight is 412 g/mol. The van der Waals surface area contributed by atoms with Gasteiger partial charge in [0.1, 0.15) is 0 Å². The highest BCUT2D eigenvalue weighted by Crippen LogP contribution is 2.45. The number of aryl methyl sites for hydroxylation is 1. The minimum atomic E-state index is -1.93. The van der Waals surface area contributed by atoms with E-state index < -0.39 is 11.5 Å². The predicted octanol–water partition coefficient (Wildman–Crippen LogP) is 4.72. The van der Waals surface area contributed by atoms with E-state index in [0.29, 0.717) is 28.4 Å². The Morgan fingerprint density at radius 1 is 1.18 bits per heavy atom. The number of hydrogen-bond donors (Lipinski definition) is 1. The Morgan fingerprint density at radius 3 is 2.61 bits per heavy atom. The topological polar surface area (TPSA) is 57.6 Å². The molecule has 0 aliphatic carbocycles. The van der Waals surface area contributed by atoms with Crippen LogP contribution in [-0.4, -0.2) is 16.8 Å². The number of thiophene rings is 1. The van der Waals surface area contributed by atoms with Gasteiger partial charge in [-0.1, -0.05) is 47.5 Å². The third-order valence-corrected chi connectivity index (χ3v) is 6.07. The smallest absolute Gasteiger partial charge is 0.264 e. The maximum absolute atomic E-state index is 13.2. The summed E-state index contributed by atoms with van der Waals surface area (Å²) in [4.78, 5) is 28.6. The van der Waals surface area contributed by atoms with Crippen LogP contribution in [0, 0.1) is 6.92 Å². The average Bonchev–Trinajstić information content (AvgIpc) is 3.25. The first-order valence-corrected chi connectivity index (χ1v) is 10.1. The van der Waals surface area contributed by atoms with Gasteiger partial charge in [-0.25, -0.2) is 0 Å². The summed E-state index contributed by atoms with van der Waals surface area (Å²) in [7, 11) is 0. The number of carbonyl (C=O) groups is 2. The van der Waals surface area contributed by atoms with Gasteiger partial charge < -0.3 is 10.0 Å². The van der Waals surface area contributed by atoms with Crippen LogP contribution in [0.3, 0.4) is 0 Å². The Morgan fingerprint density at radius 2 is 1.93 bits per heavy atom. The first-order valence-electron chi connectivity index (χ1n) is 8.85. The molecular weight excluding hydrogens is 394 g/mol. The van der Waals surface area contributed by atoms with E-state index in [0.717, 1.165) is 10.4 Å². The van der Waals surface area contributed by atoms with Crippen LogP contribution in [0.25, 0.3) is 0 Å². The summed E-state index contributed by atoms with van der Waals surface area (Å²) in [5, 5.41) is 13.7. The van der Waals surface area contributed by atoms with E-state index in [1.54, 1.807) is 30.3 Å². The molecule has 4 rings (SSSR count). The summed E-state index contributed by atoms with van der Waals surface area (Å²) < 4.78 is 0. The quantitative estimate of drug-likeness (QED) is 0.618. The van der Waals surface area contributed by atoms with Crippen LogP contribution in [0.4, 0.5) is 5.69 Å². The van der Waals surface area contributed by atoms with Crippen LogP contribution < -0.4 is 4.90 Å². The van der Waals surface area contributed by atoms with Crippen molar-refractivity contribution in [3.8, 4) is 0 Å². The minimum Gasteiger partial charge on any atom is -0.375 e. The van der Waals surface area contributed by atoms with E-state index in [2.05, 4.69) is 0 Å². The number of nitrogens with zero attached hydrogens (tertiary/aromatic N) is 1. The number of carbonyl (C=O) groups excluding carboxylic acids is 2. The monoisotopic (exact) mass is 411 g/mol. The molecule has 142 valence electrons. The molecule has 2 aromatic carbocycles. The van der Waals surface area contributed by atoms with E-state index in [9.17, 15) is 14.7 Å². The van der Waals surface area contributed by atoms with Gasteiger partial charge in [0, 0.05) is 21.0 Å². The summed E-state index contributed by atoms with van der Waals surface area (Å²) in [6.45, 7) is 2.27. The molecule has 2 heterocycles. The van der Waals surface area contributed by atoms with Crippen molar-refractivity contribution in [2.45, 2.75) is 25.5 Å². The van der Waals surface area contributed by atoms with E-state index in [1.165, 1.54) is 16.2 Å². The summed E-state index contributed by atoms with van der Waals surface area (Å²) in [6.07, 6.45) is -0.330. The van der Waals surface area contributed by atoms with Crippen molar-refractivity contribution in [3.63, 3.8) is 0 Å². The second-order valence-corrected chi connectivity index (χ2v) is 8.43. The van der Waals surface area contributed by atoms with Crippen LogP contribution in [0.5, 0.6) is 0 Å². The lowest BCUT2D eigenvalue weighted by Gasteiger charge is -2.22. The molecule has 1 unspecified atom stereocenters. The lowest BCUT2D eigenvalue weighted by atomic mass is 9.88. The van der Waals surface area contributed by atoms with Gasteiger partial charge in [-0.2, -0.15) is 0 Å². The van der Waals surface area contributed by atoms with Gasteiger partial charge >= 0.3 is 0 Å². The first kappa shape index (κ1) is 18.9. The van der Waals surface area contributed by atoms with Crippen molar-refractivity contribution >= 4 is 40.3 Å². The first-order chi connectivity index (χ1) is 13.4. The third kappa shape index (κ3) is 3.26. The molecular formula is C22H18ClNO3S. The zero-order chi connectivity index (χ0) is 19.9. The van der Waals surface area contributed by atoms with E-state index in [1.807, 2.05) is 36.6 Å². The summed E-state index contributed by atoms with van der Waals surface area (Å²) in [5.41, 5.74) is 0.530. The van der Waals surface area contributed by atoms with Gasteiger partial charge in [-0.3, -0.25) is 9.59 Å². The summed E-state index contributed by atoms with van der Waals surface area (Å²) in [5.74, 6) is -0.793. The van der Waals surface area contributed by atoms with E-state index in [-0.39, 0.29) is 12.2 Å². The Labute approximate surface area is 172 Å². The molecule has 0 saturated carbocycles. The highest BCUT2D eigenvalue weighted by atomic mass is 35.5. The molecule has 3 aromatic rings. The number of hydrogen-bond acceptors (Lipinski definition) is 4. The molecule has 0 radical (unpaired) electrons. The molecule has 6 heteroatoms. The van der Waals surface area contributed by atoms with Gasteiger partial charge in [0.25, 0.3) is 5.91 Å². The Bertz CT molecular complexity index is 1050. The zero-order valence-electron chi connectivity index (χ0n) is 15.2. The molecule has 1 N–H and O–H groups in total. The van der Waals surface area contributed by atoms with Gasteiger partial charge in [-0.05, 0) is 36.6 Å². The van der Waals surface area contributed by atoms with Crippen molar-refractivity contribution < 1.29 is 14.7 Å². The molecule has 0 fully saturated rings. The lowest BCUT2D eigenvalue weighted by molar-refractivity contribution is -0.136. The molecule has 0 spiro atoms. The van der Waals surface area contributed by atoms with Crippen LogP contribution in [-0.2, 0) is 16.9 Å². The molecule has 1 aliphatic heterocycles. The van der Waals surface area contributed by atoms with Crippen molar-refractivity contribution in [1.82, 2.24) is 0 Å². The number of Topliss-reactive ketones (excluding diaryl/α,β-unsaturated/α-hetero) is 1. The number of ketones is 1. The Kier molecular flexibility index (Phi) is 4.83. The van der Waals surface area contributed by atoms with Crippen molar-refractivity contribution in [1.29, 1.82) is 0 Å². The number of rotatable bonds is 5. The van der Waals surface area contributed by atoms with E-state index >= 15 is 0 Å². The number of anilines is 1. The minimum absolute atomic E-state index is 0.292. The molecule has 4 nitrogen and oxygen atoms in total. The largest absolute Gasteiger partial charge is 0.375 e.